The molecule has 1 unspecified atom stereocenters. The minimum atomic E-state index is -0.210. The fraction of sp³-hybridized carbons (Fsp3) is 0.200. The molecule has 0 aliphatic carbocycles. The number of hydrogen-bond acceptors (Lipinski definition) is 1. The van der Waals surface area contributed by atoms with Crippen LogP contribution in [0.3, 0.4) is 0 Å². The van der Waals surface area contributed by atoms with Crippen molar-refractivity contribution in [2.24, 2.45) is 5.73 Å². The maximum atomic E-state index is 13.0. The van der Waals surface area contributed by atoms with Gasteiger partial charge in [0.2, 0.25) is 0 Å². The van der Waals surface area contributed by atoms with Gasteiger partial charge >= 0.3 is 0 Å². The normalized spacial score (nSPS) is 12.4. The Labute approximate surface area is 120 Å². The second-order valence-electron chi connectivity index (χ2n) is 4.44. The smallest absolute Gasteiger partial charge is 0.123 e. The lowest BCUT2D eigenvalue weighted by atomic mass is 9.96. The average molecular weight is 355 g/mol. The quantitative estimate of drug-likeness (QED) is 0.829. The molecule has 18 heavy (non-hydrogen) atoms. The van der Waals surface area contributed by atoms with E-state index in [4.69, 9.17) is 5.73 Å². The summed E-state index contributed by atoms with van der Waals surface area (Å²) in [5.74, 6) is -0.210. The zero-order chi connectivity index (χ0) is 13.1. The summed E-state index contributed by atoms with van der Waals surface area (Å²) in [4.78, 5) is 0. The molecule has 2 rings (SSSR count). The molecule has 2 N–H and O–H groups in total. The van der Waals surface area contributed by atoms with Crippen LogP contribution in [0.25, 0.3) is 0 Å². The van der Waals surface area contributed by atoms with Crippen LogP contribution in [-0.2, 0) is 6.42 Å². The van der Waals surface area contributed by atoms with E-state index < -0.39 is 0 Å². The van der Waals surface area contributed by atoms with Crippen LogP contribution in [0.4, 0.5) is 4.39 Å². The molecule has 0 amide bonds. The molecule has 94 valence electrons. The third kappa shape index (κ3) is 3.29. The van der Waals surface area contributed by atoms with Crippen molar-refractivity contribution in [3.63, 3.8) is 0 Å². The van der Waals surface area contributed by atoms with Gasteiger partial charge in [-0.3, -0.25) is 0 Å². The first kappa shape index (κ1) is 13.5. The van der Waals surface area contributed by atoms with Crippen molar-refractivity contribution in [3.05, 3.63) is 68.5 Å². The third-order valence-corrected chi connectivity index (χ3v) is 3.72. The molecule has 0 radical (unpaired) electrons. The predicted molar refractivity (Wildman–Crippen MR) is 80.9 cm³/mol. The van der Waals surface area contributed by atoms with Crippen molar-refractivity contribution in [2.75, 3.05) is 0 Å². The Kier molecular flexibility index (Phi) is 4.35. The molecular weight excluding hydrogens is 340 g/mol. The average Bonchev–Trinajstić information content (AvgIpc) is 2.32. The van der Waals surface area contributed by atoms with Gasteiger partial charge in [-0.2, -0.15) is 0 Å². The molecule has 0 aliphatic rings. The summed E-state index contributed by atoms with van der Waals surface area (Å²) in [7, 11) is 0. The zero-order valence-corrected chi connectivity index (χ0v) is 12.3. The van der Waals surface area contributed by atoms with E-state index in [1.165, 1.54) is 21.3 Å². The summed E-state index contributed by atoms with van der Waals surface area (Å²) >= 11 is 2.28. The van der Waals surface area contributed by atoms with Crippen molar-refractivity contribution in [1.82, 2.24) is 0 Å². The van der Waals surface area contributed by atoms with Gasteiger partial charge in [-0.15, -0.1) is 0 Å². The number of benzene rings is 2. The van der Waals surface area contributed by atoms with E-state index in [1.807, 2.05) is 6.92 Å². The predicted octanol–water partition coefficient (Wildman–Crippen LogP) is 3.98. The summed E-state index contributed by atoms with van der Waals surface area (Å²) in [6, 6.07) is 13.0. The lowest BCUT2D eigenvalue weighted by Crippen LogP contribution is -2.14. The van der Waals surface area contributed by atoms with Gasteiger partial charge in [0.05, 0.1) is 0 Å². The van der Waals surface area contributed by atoms with E-state index in [0.717, 1.165) is 17.5 Å². The molecular formula is C15H15FIN. The van der Waals surface area contributed by atoms with Gasteiger partial charge in [0.15, 0.2) is 0 Å². The van der Waals surface area contributed by atoms with Crippen LogP contribution in [-0.4, -0.2) is 0 Å². The van der Waals surface area contributed by atoms with Crippen LogP contribution in [0.5, 0.6) is 0 Å². The van der Waals surface area contributed by atoms with E-state index in [0.29, 0.717) is 0 Å². The SMILES string of the molecule is Cc1cc(F)ccc1C(N)Cc1ccc(I)cc1. The fourth-order valence-electron chi connectivity index (χ4n) is 2.04. The van der Waals surface area contributed by atoms with Crippen molar-refractivity contribution >= 4 is 22.6 Å². The van der Waals surface area contributed by atoms with Crippen LogP contribution in [0.1, 0.15) is 22.7 Å². The minimum Gasteiger partial charge on any atom is -0.324 e. The topological polar surface area (TPSA) is 26.0 Å². The highest BCUT2D eigenvalue weighted by Gasteiger charge is 2.10. The van der Waals surface area contributed by atoms with Gasteiger partial charge in [-0.05, 0) is 76.9 Å². The molecule has 3 heteroatoms. The summed E-state index contributed by atoms with van der Waals surface area (Å²) in [5, 5.41) is 0. The fourth-order valence-corrected chi connectivity index (χ4v) is 2.40. The van der Waals surface area contributed by atoms with Crippen molar-refractivity contribution in [1.29, 1.82) is 0 Å². The highest BCUT2D eigenvalue weighted by Crippen LogP contribution is 2.21. The number of rotatable bonds is 3. The van der Waals surface area contributed by atoms with Gasteiger partial charge < -0.3 is 5.73 Å². The molecule has 0 aliphatic heterocycles. The third-order valence-electron chi connectivity index (χ3n) is 3.00. The van der Waals surface area contributed by atoms with E-state index in [9.17, 15) is 4.39 Å². The lowest BCUT2D eigenvalue weighted by Gasteiger charge is -2.15. The first-order chi connectivity index (χ1) is 8.56. The summed E-state index contributed by atoms with van der Waals surface area (Å²) < 4.78 is 14.3. The molecule has 1 atom stereocenters. The summed E-state index contributed by atoms with van der Waals surface area (Å²) in [5.41, 5.74) is 9.31. The highest BCUT2D eigenvalue weighted by molar-refractivity contribution is 14.1. The van der Waals surface area contributed by atoms with Crippen molar-refractivity contribution in [2.45, 2.75) is 19.4 Å². The molecule has 2 aromatic rings. The Morgan fingerprint density at radius 1 is 1.17 bits per heavy atom. The van der Waals surface area contributed by atoms with Gasteiger partial charge in [-0.1, -0.05) is 18.2 Å². The van der Waals surface area contributed by atoms with Crippen molar-refractivity contribution in [3.8, 4) is 0 Å². The van der Waals surface area contributed by atoms with Gasteiger partial charge in [0.25, 0.3) is 0 Å². The second-order valence-corrected chi connectivity index (χ2v) is 5.68. The molecule has 0 saturated carbocycles. The van der Waals surface area contributed by atoms with Gasteiger partial charge in [0, 0.05) is 9.61 Å². The Bertz CT molecular complexity index is 537. The Hall–Kier alpha value is -0.940. The summed E-state index contributed by atoms with van der Waals surface area (Å²) in [6.07, 6.45) is 0.767. The first-order valence-corrected chi connectivity index (χ1v) is 6.90. The molecule has 0 spiro atoms. The minimum absolute atomic E-state index is 0.0920. The second kappa shape index (κ2) is 5.80. The van der Waals surface area contributed by atoms with Crippen LogP contribution >= 0.6 is 22.6 Å². The van der Waals surface area contributed by atoms with E-state index in [-0.39, 0.29) is 11.9 Å². The Balaban J connectivity index is 2.16. The van der Waals surface area contributed by atoms with Crippen LogP contribution in [0, 0.1) is 16.3 Å². The number of aryl methyl sites for hydroxylation is 1. The zero-order valence-electron chi connectivity index (χ0n) is 10.2. The molecule has 2 aromatic carbocycles. The molecule has 0 aromatic heterocycles. The largest absolute Gasteiger partial charge is 0.324 e. The van der Waals surface area contributed by atoms with Crippen LogP contribution in [0.2, 0.25) is 0 Å². The van der Waals surface area contributed by atoms with E-state index >= 15 is 0 Å². The lowest BCUT2D eigenvalue weighted by molar-refractivity contribution is 0.622. The monoisotopic (exact) mass is 355 g/mol. The molecule has 0 saturated heterocycles. The van der Waals surface area contributed by atoms with Gasteiger partial charge in [0.1, 0.15) is 5.82 Å². The maximum absolute atomic E-state index is 13.0. The van der Waals surface area contributed by atoms with Crippen LogP contribution < -0.4 is 5.73 Å². The summed E-state index contributed by atoms with van der Waals surface area (Å²) in [6.45, 7) is 1.90. The van der Waals surface area contributed by atoms with E-state index in [2.05, 4.69) is 46.9 Å². The Morgan fingerprint density at radius 3 is 2.44 bits per heavy atom. The van der Waals surface area contributed by atoms with Gasteiger partial charge in [-0.25, -0.2) is 4.39 Å². The number of hydrogen-bond donors (Lipinski definition) is 1. The molecule has 1 nitrogen and oxygen atoms in total. The highest BCUT2D eigenvalue weighted by atomic mass is 127. The maximum Gasteiger partial charge on any atom is 0.123 e. The molecule has 0 heterocycles. The van der Waals surface area contributed by atoms with E-state index in [1.54, 1.807) is 6.07 Å². The van der Waals surface area contributed by atoms with Crippen molar-refractivity contribution < 1.29 is 4.39 Å². The Morgan fingerprint density at radius 2 is 1.83 bits per heavy atom. The molecule has 0 bridgehead atoms. The number of nitrogens with two attached hydrogens (primary N) is 1. The first-order valence-electron chi connectivity index (χ1n) is 5.82. The van der Waals surface area contributed by atoms with Crippen LogP contribution in [0.15, 0.2) is 42.5 Å². The number of halogens is 2. The standard InChI is InChI=1S/C15H15FIN/c1-10-8-12(16)4-7-14(10)15(18)9-11-2-5-13(17)6-3-11/h2-8,15H,9,18H2,1H3. The molecule has 0 fully saturated rings.